The Morgan fingerprint density at radius 3 is 2.61 bits per heavy atom. The summed E-state index contributed by atoms with van der Waals surface area (Å²) in [5.41, 5.74) is 0.473. The molecular formula is C27H34N6O3. The maximum Gasteiger partial charge on any atom is 0.246 e. The fourth-order valence-electron chi connectivity index (χ4n) is 5.53. The van der Waals surface area contributed by atoms with Gasteiger partial charge in [0.2, 0.25) is 17.7 Å². The standard InChI is InChI=1S/C27H34N6O3/c1-7-19(34)32-23(26(2,3)4)25(36)33-14-17-20(27(17,5)6)22(33)24(35)31-18(11-28)16-13-29-12-15-9-8-10-30-21(15)16/h8-10,12-13,17-18,20,22-23H,7,14H2,1-6H3,(H,31,35)(H,32,34)/t17-,18?,20-,22-,23+/m0/s1. The van der Waals surface area contributed by atoms with Gasteiger partial charge < -0.3 is 15.5 Å². The Balaban J connectivity index is 1.63. The topological polar surface area (TPSA) is 128 Å². The number of amides is 3. The lowest BCUT2D eigenvalue weighted by molar-refractivity contribution is -0.145. The van der Waals surface area contributed by atoms with E-state index in [9.17, 15) is 19.6 Å². The number of likely N-dealkylation sites (tertiary alicyclic amines) is 1. The summed E-state index contributed by atoms with van der Waals surface area (Å²) in [6, 6.07) is 3.33. The molecule has 5 atom stereocenters. The maximum atomic E-state index is 13.8. The van der Waals surface area contributed by atoms with E-state index in [-0.39, 0.29) is 41.4 Å². The van der Waals surface area contributed by atoms with Crippen molar-refractivity contribution < 1.29 is 14.4 Å². The summed E-state index contributed by atoms with van der Waals surface area (Å²) < 4.78 is 0. The van der Waals surface area contributed by atoms with Gasteiger partial charge in [-0.05, 0) is 34.8 Å². The summed E-state index contributed by atoms with van der Waals surface area (Å²) in [7, 11) is 0. The Kier molecular flexibility index (Phi) is 6.50. The predicted molar refractivity (Wildman–Crippen MR) is 134 cm³/mol. The van der Waals surface area contributed by atoms with E-state index in [0.29, 0.717) is 17.6 Å². The van der Waals surface area contributed by atoms with Crippen molar-refractivity contribution in [1.82, 2.24) is 25.5 Å². The first-order valence-electron chi connectivity index (χ1n) is 12.4. The van der Waals surface area contributed by atoms with E-state index in [1.165, 1.54) is 0 Å². The molecule has 2 aliphatic rings. The summed E-state index contributed by atoms with van der Waals surface area (Å²) in [6.45, 7) is 12.1. The molecule has 2 N–H and O–H groups in total. The van der Waals surface area contributed by atoms with Crippen molar-refractivity contribution in [2.45, 2.75) is 66.1 Å². The SMILES string of the molecule is CCC(=O)N[C@H](C(=O)N1C[C@H]2[C@@H]([C@H]1C(=O)NC(C#N)c1cncc3cccnc13)C2(C)C)C(C)(C)C. The molecule has 2 aromatic rings. The number of pyridine rings is 2. The second-order valence-corrected chi connectivity index (χ2v) is 11.5. The van der Waals surface area contributed by atoms with Crippen LogP contribution in [0.4, 0.5) is 0 Å². The van der Waals surface area contributed by atoms with Crippen LogP contribution in [0.2, 0.25) is 0 Å². The largest absolute Gasteiger partial charge is 0.344 e. The number of fused-ring (bicyclic) bond motifs is 2. The minimum Gasteiger partial charge on any atom is -0.344 e. The van der Waals surface area contributed by atoms with Gasteiger partial charge in [0, 0.05) is 42.5 Å². The highest BCUT2D eigenvalue weighted by Crippen LogP contribution is 2.65. The van der Waals surface area contributed by atoms with E-state index in [2.05, 4.69) is 40.5 Å². The minimum atomic E-state index is -0.973. The predicted octanol–water partition coefficient (Wildman–Crippen LogP) is 2.73. The fourth-order valence-corrected chi connectivity index (χ4v) is 5.53. The molecule has 0 radical (unpaired) electrons. The van der Waals surface area contributed by atoms with Crippen molar-refractivity contribution in [3.8, 4) is 6.07 Å². The van der Waals surface area contributed by atoms with E-state index < -0.39 is 23.5 Å². The Labute approximate surface area is 211 Å². The molecule has 190 valence electrons. The summed E-state index contributed by atoms with van der Waals surface area (Å²) in [5.74, 6) is -0.701. The summed E-state index contributed by atoms with van der Waals surface area (Å²) in [5, 5.41) is 16.5. The second-order valence-electron chi connectivity index (χ2n) is 11.5. The number of aromatic nitrogens is 2. The Morgan fingerprint density at radius 2 is 1.97 bits per heavy atom. The van der Waals surface area contributed by atoms with Crippen LogP contribution in [0, 0.1) is 34.0 Å². The van der Waals surface area contributed by atoms with Gasteiger partial charge in [-0.25, -0.2) is 0 Å². The zero-order valence-corrected chi connectivity index (χ0v) is 21.7. The van der Waals surface area contributed by atoms with Gasteiger partial charge in [0.15, 0.2) is 0 Å². The van der Waals surface area contributed by atoms with Crippen molar-refractivity contribution in [1.29, 1.82) is 5.26 Å². The number of piperidine rings is 1. The molecule has 1 unspecified atom stereocenters. The molecule has 1 aliphatic carbocycles. The molecule has 9 nitrogen and oxygen atoms in total. The number of nitrogens with one attached hydrogen (secondary N) is 2. The van der Waals surface area contributed by atoms with Gasteiger partial charge >= 0.3 is 0 Å². The van der Waals surface area contributed by atoms with Gasteiger partial charge in [-0.1, -0.05) is 41.5 Å². The van der Waals surface area contributed by atoms with E-state index in [1.54, 1.807) is 36.5 Å². The molecule has 0 bridgehead atoms. The van der Waals surface area contributed by atoms with E-state index in [0.717, 1.165) is 5.39 Å². The molecule has 3 heterocycles. The molecule has 0 aromatic carbocycles. The van der Waals surface area contributed by atoms with Crippen LogP contribution >= 0.6 is 0 Å². The molecule has 1 aliphatic heterocycles. The molecule has 1 saturated heterocycles. The molecule has 2 fully saturated rings. The lowest BCUT2D eigenvalue weighted by atomic mass is 9.85. The van der Waals surface area contributed by atoms with Crippen molar-refractivity contribution in [3.63, 3.8) is 0 Å². The van der Waals surface area contributed by atoms with E-state index in [1.807, 2.05) is 26.8 Å². The van der Waals surface area contributed by atoms with Gasteiger partial charge in [0.1, 0.15) is 18.1 Å². The van der Waals surface area contributed by atoms with Crippen molar-refractivity contribution in [2.24, 2.45) is 22.7 Å². The van der Waals surface area contributed by atoms with Crippen molar-refractivity contribution in [2.75, 3.05) is 6.54 Å². The Bertz CT molecular complexity index is 1240. The van der Waals surface area contributed by atoms with Crippen molar-refractivity contribution >= 4 is 28.6 Å². The zero-order valence-electron chi connectivity index (χ0n) is 21.7. The fraction of sp³-hybridized carbons (Fsp3) is 0.556. The minimum absolute atomic E-state index is 0.0212. The van der Waals surface area contributed by atoms with Crippen LogP contribution in [0.5, 0.6) is 0 Å². The van der Waals surface area contributed by atoms with Crippen LogP contribution < -0.4 is 10.6 Å². The average molecular weight is 491 g/mol. The molecule has 9 heteroatoms. The van der Waals surface area contributed by atoms with Crippen LogP contribution in [-0.4, -0.2) is 51.2 Å². The Morgan fingerprint density at radius 1 is 1.25 bits per heavy atom. The van der Waals surface area contributed by atoms with Gasteiger partial charge in [-0.3, -0.25) is 24.4 Å². The molecule has 4 rings (SSSR count). The lowest BCUT2D eigenvalue weighted by Gasteiger charge is -2.37. The quantitative estimate of drug-likeness (QED) is 0.641. The molecule has 36 heavy (non-hydrogen) atoms. The molecule has 1 saturated carbocycles. The number of hydrogen-bond acceptors (Lipinski definition) is 6. The molecule has 3 amide bonds. The number of rotatable bonds is 6. The third-order valence-corrected chi connectivity index (χ3v) is 7.77. The maximum absolute atomic E-state index is 13.8. The van der Waals surface area contributed by atoms with E-state index in [4.69, 9.17) is 0 Å². The third-order valence-electron chi connectivity index (χ3n) is 7.77. The second kappa shape index (κ2) is 9.16. The van der Waals surface area contributed by atoms with Gasteiger partial charge in [0.05, 0.1) is 11.6 Å². The zero-order chi connectivity index (χ0) is 26.4. The van der Waals surface area contributed by atoms with Crippen LogP contribution in [0.3, 0.4) is 0 Å². The molecule has 2 aromatic heterocycles. The highest BCUT2D eigenvalue weighted by Gasteiger charge is 2.69. The number of nitrogens with zero attached hydrogens (tertiary/aromatic N) is 4. The Hall–Kier alpha value is -3.54. The van der Waals surface area contributed by atoms with Crippen molar-refractivity contribution in [3.05, 3.63) is 36.3 Å². The third kappa shape index (κ3) is 4.41. The van der Waals surface area contributed by atoms with Gasteiger partial charge in [0.25, 0.3) is 0 Å². The van der Waals surface area contributed by atoms with Crippen LogP contribution in [0.15, 0.2) is 30.7 Å². The van der Waals surface area contributed by atoms with Gasteiger partial charge in [-0.2, -0.15) is 5.26 Å². The summed E-state index contributed by atoms with van der Waals surface area (Å²) in [6.07, 6.45) is 5.10. The van der Waals surface area contributed by atoms with Crippen LogP contribution in [0.1, 0.15) is 59.6 Å². The van der Waals surface area contributed by atoms with Crippen LogP contribution in [-0.2, 0) is 14.4 Å². The number of carbonyl (C=O) groups excluding carboxylic acids is 3. The molecular weight excluding hydrogens is 456 g/mol. The molecule has 0 spiro atoms. The average Bonchev–Trinajstić information content (AvgIpc) is 3.17. The first kappa shape index (κ1) is 25.5. The van der Waals surface area contributed by atoms with E-state index >= 15 is 0 Å². The smallest absolute Gasteiger partial charge is 0.246 e. The van der Waals surface area contributed by atoms with Gasteiger partial charge in [-0.15, -0.1) is 0 Å². The first-order chi connectivity index (χ1) is 16.9. The monoisotopic (exact) mass is 490 g/mol. The highest BCUT2D eigenvalue weighted by molar-refractivity contribution is 5.94. The summed E-state index contributed by atoms with van der Waals surface area (Å²) in [4.78, 5) is 49.9. The number of hydrogen-bond donors (Lipinski definition) is 2. The highest BCUT2D eigenvalue weighted by atomic mass is 16.2. The first-order valence-corrected chi connectivity index (χ1v) is 12.4. The lowest BCUT2D eigenvalue weighted by Crippen LogP contribution is -2.59. The number of carbonyl (C=O) groups is 3. The summed E-state index contributed by atoms with van der Waals surface area (Å²) >= 11 is 0. The number of nitriles is 1. The normalized spacial score (nSPS) is 23.8. The van der Waals surface area contributed by atoms with Crippen LogP contribution in [0.25, 0.3) is 10.9 Å².